The molecular weight excluding hydrogens is 294 g/mol. The lowest BCUT2D eigenvalue weighted by atomic mass is 10.1. The molecule has 0 spiro atoms. The highest BCUT2D eigenvalue weighted by Gasteiger charge is 2.14. The minimum Gasteiger partial charge on any atom is -0.387 e. The average molecular weight is 317 g/mol. The van der Waals surface area contributed by atoms with Crippen molar-refractivity contribution in [2.24, 2.45) is 0 Å². The van der Waals surface area contributed by atoms with Crippen LogP contribution < -0.4 is 0 Å². The first-order valence-electron chi connectivity index (χ1n) is 8.34. The Labute approximate surface area is 144 Å². The van der Waals surface area contributed by atoms with Crippen LogP contribution in [0, 0.1) is 0 Å². The van der Waals surface area contributed by atoms with Crippen LogP contribution in [0.2, 0.25) is 0 Å². The van der Waals surface area contributed by atoms with E-state index < -0.39 is 6.10 Å². The Hall–Kier alpha value is -2.42. The van der Waals surface area contributed by atoms with Gasteiger partial charge in [0.25, 0.3) is 0 Å². The number of hydrogen-bond donors (Lipinski definition) is 1. The van der Waals surface area contributed by atoms with Crippen LogP contribution in [0.5, 0.6) is 0 Å². The SMILES string of the molecule is O[C@@H](CN(Cc1ccccc1)Cc1ccccc1)c1ccccc1. The molecule has 0 radical (unpaired) electrons. The molecule has 3 rings (SSSR count). The van der Waals surface area contributed by atoms with E-state index in [1.807, 2.05) is 42.5 Å². The lowest BCUT2D eigenvalue weighted by Crippen LogP contribution is -2.28. The van der Waals surface area contributed by atoms with Gasteiger partial charge >= 0.3 is 0 Å². The largest absolute Gasteiger partial charge is 0.387 e. The lowest BCUT2D eigenvalue weighted by Gasteiger charge is -2.25. The third-order valence-electron chi connectivity index (χ3n) is 4.11. The minimum atomic E-state index is -0.487. The summed E-state index contributed by atoms with van der Waals surface area (Å²) >= 11 is 0. The second-order valence-electron chi connectivity index (χ2n) is 6.07. The quantitative estimate of drug-likeness (QED) is 0.697. The molecule has 0 fully saturated rings. The van der Waals surface area contributed by atoms with Crippen LogP contribution in [0.3, 0.4) is 0 Å². The monoisotopic (exact) mass is 317 g/mol. The fraction of sp³-hybridized carbons (Fsp3) is 0.182. The van der Waals surface area contributed by atoms with E-state index in [1.54, 1.807) is 0 Å². The van der Waals surface area contributed by atoms with Gasteiger partial charge in [0.2, 0.25) is 0 Å². The van der Waals surface area contributed by atoms with Crippen molar-refractivity contribution in [1.82, 2.24) is 4.90 Å². The zero-order valence-corrected chi connectivity index (χ0v) is 13.8. The van der Waals surface area contributed by atoms with E-state index in [9.17, 15) is 5.11 Å². The smallest absolute Gasteiger partial charge is 0.0917 e. The standard InChI is InChI=1S/C22H23NO/c24-22(21-14-8-3-9-15-21)18-23(16-19-10-4-1-5-11-19)17-20-12-6-2-7-13-20/h1-15,22,24H,16-18H2/t22-/m0/s1. The molecule has 0 heterocycles. The number of nitrogens with zero attached hydrogens (tertiary/aromatic N) is 1. The van der Waals surface area contributed by atoms with Crippen molar-refractivity contribution in [3.8, 4) is 0 Å². The zero-order valence-electron chi connectivity index (χ0n) is 13.8. The van der Waals surface area contributed by atoms with Crippen molar-refractivity contribution in [2.75, 3.05) is 6.54 Å². The summed E-state index contributed by atoms with van der Waals surface area (Å²) in [6, 6.07) is 30.7. The van der Waals surface area contributed by atoms with Gasteiger partial charge in [-0.05, 0) is 16.7 Å². The second kappa shape index (κ2) is 8.44. The Bertz CT molecular complexity index is 671. The topological polar surface area (TPSA) is 23.5 Å². The number of rotatable bonds is 7. The van der Waals surface area contributed by atoms with Gasteiger partial charge in [0.1, 0.15) is 0 Å². The van der Waals surface area contributed by atoms with E-state index >= 15 is 0 Å². The summed E-state index contributed by atoms with van der Waals surface area (Å²) in [6.07, 6.45) is -0.487. The van der Waals surface area contributed by atoms with Crippen LogP contribution in [0.4, 0.5) is 0 Å². The Morgan fingerprint density at radius 1 is 0.625 bits per heavy atom. The predicted molar refractivity (Wildman–Crippen MR) is 98.4 cm³/mol. The van der Waals surface area contributed by atoms with Gasteiger partial charge < -0.3 is 5.11 Å². The average Bonchev–Trinajstić information content (AvgIpc) is 2.64. The fourth-order valence-corrected chi connectivity index (χ4v) is 2.89. The van der Waals surface area contributed by atoms with Crippen molar-refractivity contribution in [3.05, 3.63) is 108 Å². The molecule has 0 aliphatic carbocycles. The summed E-state index contributed by atoms with van der Waals surface area (Å²) in [6.45, 7) is 2.24. The first kappa shape index (κ1) is 16.4. The van der Waals surface area contributed by atoms with E-state index in [0.29, 0.717) is 6.54 Å². The molecule has 0 aliphatic heterocycles. The van der Waals surface area contributed by atoms with Crippen molar-refractivity contribution in [3.63, 3.8) is 0 Å². The van der Waals surface area contributed by atoms with Gasteiger partial charge in [-0.15, -0.1) is 0 Å². The fourth-order valence-electron chi connectivity index (χ4n) is 2.89. The van der Waals surface area contributed by atoms with Gasteiger partial charge in [0.05, 0.1) is 6.10 Å². The molecule has 122 valence electrons. The molecule has 3 aromatic carbocycles. The maximum atomic E-state index is 10.6. The minimum absolute atomic E-state index is 0.487. The Morgan fingerprint density at radius 3 is 1.50 bits per heavy atom. The number of benzene rings is 3. The van der Waals surface area contributed by atoms with Crippen molar-refractivity contribution in [1.29, 1.82) is 0 Å². The summed E-state index contributed by atoms with van der Waals surface area (Å²) in [7, 11) is 0. The van der Waals surface area contributed by atoms with E-state index in [2.05, 4.69) is 53.4 Å². The first-order valence-corrected chi connectivity index (χ1v) is 8.34. The normalized spacial score (nSPS) is 12.2. The Kier molecular flexibility index (Phi) is 5.78. The van der Waals surface area contributed by atoms with Crippen molar-refractivity contribution < 1.29 is 5.11 Å². The van der Waals surface area contributed by atoms with Gasteiger partial charge in [-0.25, -0.2) is 0 Å². The van der Waals surface area contributed by atoms with Crippen LogP contribution >= 0.6 is 0 Å². The predicted octanol–water partition coefficient (Wildman–Crippen LogP) is 4.42. The summed E-state index contributed by atoms with van der Waals surface area (Å²) in [5.41, 5.74) is 3.48. The van der Waals surface area contributed by atoms with Crippen molar-refractivity contribution in [2.45, 2.75) is 19.2 Å². The van der Waals surface area contributed by atoms with Crippen LogP contribution in [0.15, 0.2) is 91.0 Å². The second-order valence-corrected chi connectivity index (χ2v) is 6.07. The van der Waals surface area contributed by atoms with Crippen molar-refractivity contribution >= 4 is 0 Å². The molecule has 0 saturated carbocycles. The maximum Gasteiger partial charge on any atom is 0.0917 e. The zero-order chi connectivity index (χ0) is 16.6. The van der Waals surface area contributed by atoms with Gasteiger partial charge in [-0.3, -0.25) is 4.90 Å². The van der Waals surface area contributed by atoms with Gasteiger partial charge in [0.15, 0.2) is 0 Å². The Balaban J connectivity index is 1.73. The van der Waals surface area contributed by atoms with E-state index in [0.717, 1.165) is 18.7 Å². The molecule has 1 atom stereocenters. The molecule has 0 bridgehead atoms. The summed E-state index contributed by atoms with van der Waals surface area (Å²) in [5, 5.41) is 10.6. The van der Waals surface area contributed by atoms with Crippen LogP contribution in [-0.2, 0) is 13.1 Å². The molecule has 2 heteroatoms. The summed E-state index contributed by atoms with van der Waals surface area (Å²) in [4.78, 5) is 2.29. The molecule has 2 nitrogen and oxygen atoms in total. The molecule has 0 amide bonds. The molecular formula is C22H23NO. The molecule has 0 aliphatic rings. The third kappa shape index (κ3) is 4.79. The lowest BCUT2D eigenvalue weighted by molar-refractivity contribution is 0.105. The van der Waals surface area contributed by atoms with E-state index in [4.69, 9.17) is 0 Å². The number of aliphatic hydroxyl groups is 1. The highest BCUT2D eigenvalue weighted by Crippen LogP contribution is 2.17. The third-order valence-corrected chi connectivity index (χ3v) is 4.11. The van der Waals surface area contributed by atoms with Gasteiger partial charge in [-0.1, -0.05) is 91.0 Å². The molecule has 0 unspecified atom stereocenters. The highest BCUT2D eigenvalue weighted by atomic mass is 16.3. The number of hydrogen-bond acceptors (Lipinski definition) is 2. The van der Waals surface area contributed by atoms with Gasteiger partial charge in [-0.2, -0.15) is 0 Å². The van der Waals surface area contributed by atoms with Crippen LogP contribution in [0.25, 0.3) is 0 Å². The molecule has 0 aromatic heterocycles. The molecule has 1 N–H and O–H groups in total. The van der Waals surface area contributed by atoms with Crippen LogP contribution in [0.1, 0.15) is 22.8 Å². The first-order chi connectivity index (χ1) is 11.8. The Morgan fingerprint density at radius 2 is 1.04 bits per heavy atom. The maximum absolute atomic E-state index is 10.6. The van der Waals surface area contributed by atoms with Gasteiger partial charge in [0, 0.05) is 19.6 Å². The molecule has 3 aromatic rings. The van der Waals surface area contributed by atoms with E-state index in [-0.39, 0.29) is 0 Å². The number of aliphatic hydroxyl groups excluding tert-OH is 1. The summed E-state index contributed by atoms with van der Waals surface area (Å²) in [5.74, 6) is 0. The molecule has 24 heavy (non-hydrogen) atoms. The van der Waals surface area contributed by atoms with Crippen LogP contribution in [-0.4, -0.2) is 16.6 Å². The van der Waals surface area contributed by atoms with E-state index in [1.165, 1.54) is 11.1 Å². The highest BCUT2D eigenvalue weighted by molar-refractivity contribution is 5.19. The molecule has 0 saturated heterocycles. The summed E-state index contributed by atoms with van der Waals surface area (Å²) < 4.78 is 0.